The standard InChI is InChI=1S/C19H23FN4O3S/c1-19(2,3)28(26,27)13-7-9-24-16(11-13)15(12-22-24)14-5-6-17(23-18(14)20)21-8-4-10-25/h5-7,9,11-12,25H,4,8,10H2,1-3H3,(H,21,23). The van der Waals surface area contributed by atoms with Crippen LogP contribution in [-0.2, 0) is 9.84 Å². The van der Waals surface area contributed by atoms with Crippen molar-refractivity contribution in [3.8, 4) is 11.1 Å². The second-order valence-corrected chi connectivity index (χ2v) is 10.1. The minimum absolute atomic E-state index is 0.0375. The molecule has 0 aliphatic rings. The maximum atomic E-state index is 14.6. The van der Waals surface area contributed by atoms with Crippen molar-refractivity contribution in [1.29, 1.82) is 0 Å². The third-order valence-corrected chi connectivity index (χ3v) is 6.88. The van der Waals surface area contributed by atoms with Crippen LogP contribution in [0.15, 0.2) is 41.6 Å². The van der Waals surface area contributed by atoms with Gasteiger partial charge in [0.1, 0.15) is 5.82 Å². The van der Waals surface area contributed by atoms with Crippen molar-refractivity contribution in [2.24, 2.45) is 0 Å². The van der Waals surface area contributed by atoms with Crippen molar-refractivity contribution in [3.05, 3.63) is 42.6 Å². The van der Waals surface area contributed by atoms with Crippen LogP contribution in [0.2, 0.25) is 0 Å². The predicted octanol–water partition coefficient (Wildman–Crippen LogP) is 2.90. The molecule has 0 saturated carbocycles. The normalized spacial score (nSPS) is 12.5. The van der Waals surface area contributed by atoms with Gasteiger partial charge in [0, 0.05) is 30.5 Å². The van der Waals surface area contributed by atoms with Gasteiger partial charge < -0.3 is 10.4 Å². The molecule has 0 aliphatic heterocycles. The summed E-state index contributed by atoms with van der Waals surface area (Å²) in [6.45, 7) is 5.42. The number of aromatic nitrogens is 3. The van der Waals surface area contributed by atoms with Gasteiger partial charge in [-0.25, -0.2) is 17.9 Å². The molecule has 0 fully saturated rings. The SMILES string of the molecule is CC(C)(C)S(=O)(=O)c1ccn2ncc(-c3ccc(NCCCO)nc3F)c2c1. The van der Waals surface area contributed by atoms with Crippen LogP contribution in [0.1, 0.15) is 27.2 Å². The molecule has 150 valence electrons. The van der Waals surface area contributed by atoms with E-state index in [4.69, 9.17) is 5.11 Å². The Morgan fingerprint density at radius 2 is 1.96 bits per heavy atom. The van der Waals surface area contributed by atoms with Crippen LogP contribution in [0.5, 0.6) is 0 Å². The summed E-state index contributed by atoms with van der Waals surface area (Å²) in [5, 5.41) is 15.9. The zero-order valence-corrected chi connectivity index (χ0v) is 16.8. The molecular formula is C19H23FN4O3S. The number of hydrogen-bond acceptors (Lipinski definition) is 6. The Kier molecular flexibility index (Phi) is 5.40. The van der Waals surface area contributed by atoms with Crippen LogP contribution < -0.4 is 5.32 Å². The number of aliphatic hydroxyl groups excluding tert-OH is 1. The summed E-state index contributed by atoms with van der Waals surface area (Å²) in [6.07, 6.45) is 3.57. The molecule has 0 unspecified atom stereocenters. The molecule has 0 saturated heterocycles. The summed E-state index contributed by atoms with van der Waals surface area (Å²) in [6, 6.07) is 6.21. The molecule has 3 aromatic rings. The van der Waals surface area contributed by atoms with Crippen LogP contribution in [0.25, 0.3) is 16.6 Å². The molecule has 3 aromatic heterocycles. The molecule has 0 bridgehead atoms. The summed E-state index contributed by atoms with van der Waals surface area (Å²) in [4.78, 5) is 4.06. The number of nitrogens with zero attached hydrogens (tertiary/aromatic N) is 3. The third kappa shape index (κ3) is 3.72. The van der Waals surface area contributed by atoms with Gasteiger partial charge in [0.25, 0.3) is 0 Å². The lowest BCUT2D eigenvalue weighted by molar-refractivity contribution is 0.292. The first kappa shape index (κ1) is 20.2. The summed E-state index contributed by atoms with van der Waals surface area (Å²) in [5.41, 5.74) is 1.16. The Labute approximate surface area is 163 Å². The minimum atomic E-state index is -3.56. The van der Waals surface area contributed by atoms with Crippen molar-refractivity contribution >= 4 is 21.2 Å². The fourth-order valence-corrected chi connectivity index (χ4v) is 3.93. The Hall–Kier alpha value is -2.52. The third-order valence-electron chi connectivity index (χ3n) is 4.39. The zero-order chi connectivity index (χ0) is 20.5. The van der Waals surface area contributed by atoms with Crippen LogP contribution in [0.4, 0.5) is 10.2 Å². The molecule has 0 spiro atoms. The number of hydrogen-bond donors (Lipinski definition) is 2. The highest BCUT2D eigenvalue weighted by atomic mass is 32.2. The maximum Gasteiger partial charge on any atom is 0.222 e. The van der Waals surface area contributed by atoms with Crippen LogP contribution in [-0.4, -0.2) is 46.0 Å². The van der Waals surface area contributed by atoms with Gasteiger partial charge in [-0.2, -0.15) is 9.49 Å². The van der Waals surface area contributed by atoms with E-state index in [0.717, 1.165) is 0 Å². The van der Waals surface area contributed by atoms with Gasteiger partial charge in [-0.3, -0.25) is 0 Å². The first-order valence-corrected chi connectivity index (χ1v) is 10.4. The second-order valence-electron chi connectivity index (χ2n) is 7.41. The van der Waals surface area contributed by atoms with Crippen LogP contribution in [0.3, 0.4) is 0 Å². The quantitative estimate of drug-likeness (QED) is 0.483. The number of nitrogens with one attached hydrogen (secondary N) is 1. The molecule has 9 heteroatoms. The van der Waals surface area contributed by atoms with Gasteiger partial charge in [0.2, 0.25) is 5.95 Å². The summed E-state index contributed by atoms with van der Waals surface area (Å²) in [5.74, 6) is -0.324. The number of fused-ring (bicyclic) bond motifs is 1. The van der Waals surface area contributed by atoms with E-state index in [2.05, 4.69) is 15.4 Å². The lowest BCUT2D eigenvalue weighted by atomic mass is 10.1. The van der Waals surface area contributed by atoms with Gasteiger partial charge >= 0.3 is 0 Å². The average Bonchev–Trinajstić information content (AvgIpc) is 3.04. The molecule has 2 N–H and O–H groups in total. The molecular weight excluding hydrogens is 383 g/mol. The number of rotatable bonds is 6. The Balaban J connectivity index is 2.04. The molecule has 0 amide bonds. The topological polar surface area (TPSA) is 96.6 Å². The van der Waals surface area contributed by atoms with E-state index in [9.17, 15) is 12.8 Å². The number of anilines is 1. The lowest BCUT2D eigenvalue weighted by Crippen LogP contribution is -2.27. The molecule has 28 heavy (non-hydrogen) atoms. The summed E-state index contributed by atoms with van der Waals surface area (Å²) in [7, 11) is -3.56. The Bertz CT molecular complexity index is 1100. The predicted molar refractivity (Wildman–Crippen MR) is 106 cm³/mol. The van der Waals surface area contributed by atoms with Crippen molar-refractivity contribution in [3.63, 3.8) is 0 Å². The van der Waals surface area contributed by atoms with E-state index in [1.165, 1.54) is 22.8 Å². The molecule has 0 aromatic carbocycles. The monoisotopic (exact) mass is 406 g/mol. The van der Waals surface area contributed by atoms with E-state index in [1.54, 1.807) is 39.1 Å². The highest BCUT2D eigenvalue weighted by molar-refractivity contribution is 7.92. The summed E-state index contributed by atoms with van der Waals surface area (Å²) >= 11 is 0. The zero-order valence-electron chi connectivity index (χ0n) is 16.0. The second kappa shape index (κ2) is 7.48. The number of sulfone groups is 1. The van der Waals surface area contributed by atoms with E-state index in [1.807, 2.05) is 0 Å². The maximum absolute atomic E-state index is 14.6. The van der Waals surface area contributed by atoms with Gasteiger partial charge in [0.15, 0.2) is 9.84 Å². The van der Waals surface area contributed by atoms with Crippen molar-refractivity contribution in [2.75, 3.05) is 18.5 Å². The molecule has 3 heterocycles. The molecule has 0 radical (unpaired) electrons. The minimum Gasteiger partial charge on any atom is -0.396 e. The van der Waals surface area contributed by atoms with Crippen LogP contribution in [0, 0.1) is 5.95 Å². The molecule has 0 aliphatic carbocycles. The fraction of sp³-hybridized carbons (Fsp3) is 0.368. The van der Waals surface area contributed by atoms with Gasteiger partial charge in [-0.1, -0.05) is 0 Å². The largest absolute Gasteiger partial charge is 0.396 e. The first-order chi connectivity index (χ1) is 13.1. The van der Waals surface area contributed by atoms with Crippen molar-refractivity contribution in [1.82, 2.24) is 14.6 Å². The average molecular weight is 406 g/mol. The van der Waals surface area contributed by atoms with E-state index < -0.39 is 20.5 Å². The van der Waals surface area contributed by atoms with E-state index >= 15 is 0 Å². The molecule has 0 atom stereocenters. The number of pyridine rings is 2. The fourth-order valence-electron chi connectivity index (χ4n) is 2.72. The Morgan fingerprint density at radius 1 is 1.21 bits per heavy atom. The number of aliphatic hydroxyl groups is 1. The lowest BCUT2D eigenvalue weighted by Gasteiger charge is -2.19. The smallest absolute Gasteiger partial charge is 0.222 e. The summed E-state index contributed by atoms with van der Waals surface area (Å²) < 4.78 is 40.7. The number of halogens is 1. The van der Waals surface area contributed by atoms with Gasteiger partial charge in [0.05, 0.1) is 21.4 Å². The van der Waals surface area contributed by atoms with Gasteiger partial charge in [-0.15, -0.1) is 0 Å². The highest BCUT2D eigenvalue weighted by Crippen LogP contribution is 2.31. The van der Waals surface area contributed by atoms with Crippen molar-refractivity contribution < 1.29 is 17.9 Å². The first-order valence-electron chi connectivity index (χ1n) is 8.89. The Morgan fingerprint density at radius 3 is 2.61 bits per heavy atom. The highest BCUT2D eigenvalue weighted by Gasteiger charge is 2.31. The van der Waals surface area contributed by atoms with Crippen LogP contribution >= 0.6 is 0 Å². The molecule has 3 rings (SSSR count). The molecule has 7 nitrogen and oxygen atoms in total. The van der Waals surface area contributed by atoms with Crippen molar-refractivity contribution in [2.45, 2.75) is 36.8 Å². The van der Waals surface area contributed by atoms with Gasteiger partial charge in [-0.05, 0) is 51.5 Å². The van der Waals surface area contributed by atoms with E-state index in [-0.39, 0.29) is 17.1 Å². The van der Waals surface area contributed by atoms with E-state index in [0.29, 0.717) is 29.9 Å².